The summed E-state index contributed by atoms with van der Waals surface area (Å²) in [5.74, 6) is -0.634. The molecule has 0 bridgehead atoms. The number of rotatable bonds is 4. The molecule has 0 aromatic heterocycles. The Bertz CT molecular complexity index is 567. The average molecular weight is 314 g/mol. The van der Waals surface area contributed by atoms with Gasteiger partial charge in [0.05, 0.1) is 16.0 Å². The van der Waals surface area contributed by atoms with Crippen molar-refractivity contribution >= 4 is 23.3 Å². The first-order valence-electron chi connectivity index (χ1n) is 6.76. The van der Waals surface area contributed by atoms with Gasteiger partial charge < -0.3 is 9.84 Å². The molecule has 114 valence electrons. The minimum Gasteiger partial charge on any atom is -0.488 e. The van der Waals surface area contributed by atoms with Crippen LogP contribution in [0.4, 0.5) is 5.69 Å². The largest absolute Gasteiger partial charge is 0.488 e. The molecule has 1 fully saturated rings. The molecule has 0 aliphatic heterocycles. The summed E-state index contributed by atoms with van der Waals surface area (Å²) in [7, 11) is 0. The van der Waals surface area contributed by atoms with Gasteiger partial charge in [0.25, 0.3) is 5.69 Å². The Morgan fingerprint density at radius 3 is 2.52 bits per heavy atom. The number of hydrogen-bond acceptors (Lipinski definition) is 4. The summed E-state index contributed by atoms with van der Waals surface area (Å²) in [5.41, 5.74) is -0.630. The van der Waals surface area contributed by atoms with Crippen LogP contribution in [0.1, 0.15) is 43.0 Å². The topological polar surface area (TPSA) is 89.7 Å². The van der Waals surface area contributed by atoms with Gasteiger partial charge >= 0.3 is 5.97 Å². The van der Waals surface area contributed by atoms with Gasteiger partial charge in [-0.15, -0.1) is 0 Å². The van der Waals surface area contributed by atoms with Gasteiger partial charge in [0, 0.05) is 12.1 Å². The van der Waals surface area contributed by atoms with Crippen molar-refractivity contribution in [1.82, 2.24) is 0 Å². The van der Waals surface area contributed by atoms with Crippen LogP contribution in [0.3, 0.4) is 0 Å². The molecule has 1 aliphatic carbocycles. The number of non-ortho nitro benzene ring substituents is 1. The van der Waals surface area contributed by atoms with Crippen molar-refractivity contribution in [3.63, 3.8) is 0 Å². The zero-order valence-corrected chi connectivity index (χ0v) is 12.3. The third kappa shape index (κ3) is 3.64. The van der Waals surface area contributed by atoms with E-state index in [4.69, 9.17) is 16.3 Å². The number of carboxylic acids is 1. The zero-order valence-electron chi connectivity index (χ0n) is 11.5. The molecule has 1 aromatic rings. The number of nitrogens with zero attached hydrogens (tertiary/aromatic N) is 1. The molecular weight excluding hydrogens is 298 g/mol. The van der Waals surface area contributed by atoms with Crippen LogP contribution in [0.2, 0.25) is 5.02 Å². The van der Waals surface area contributed by atoms with Crippen molar-refractivity contribution < 1.29 is 19.6 Å². The normalized spacial score (nSPS) is 21.8. The third-order valence-corrected chi connectivity index (χ3v) is 4.00. The zero-order chi connectivity index (χ0) is 15.6. The van der Waals surface area contributed by atoms with E-state index in [2.05, 4.69) is 6.92 Å². The lowest BCUT2D eigenvalue weighted by Crippen LogP contribution is -2.24. The van der Waals surface area contributed by atoms with Crippen LogP contribution in [-0.4, -0.2) is 22.1 Å². The van der Waals surface area contributed by atoms with Crippen LogP contribution in [0, 0.1) is 16.0 Å². The SMILES string of the molecule is CC1CCC(Oc2c(Cl)cc([N+](=O)[O-])cc2C(=O)O)CC1. The monoisotopic (exact) mass is 313 g/mol. The van der Waals surface area contributed by atoms with E-state index in [1.807, 2.05) is 0 Å². The fraction of sp³-hybridized carbons (Fsp3) is 0.500. The molecule has 0 saturated heterocycles. The fourth-order valence-corrected chi connectivity index (χ4v) is 2.74. The summed E-state index contributed by atoms with van der Waals surface area (Å²) >= 11 is 5.98. The number of aromatic carboxylic acids is 1. The molecule has 0 spiro atoms. The van der Waals surface area contributed by atoms with Crippen LogP contribution < -0.4 is 4.74 Å². The highest BCUT2D eigenvalue weighted by Crippen LogP contribution is 2.36. The number of carboxylic acid groups (broad SMARTS) is 1. The summed E-state index contributed by atoms with van der Waals surface area (Å²) in [4.78, 5) is 21.4. The molecule has 0 unspecified atom stereocenters. The molecule has 1 saturated carbocycles. The molecule has 0 radical (unpaired) electrons. The van der Waals surface area contributed by atoms with Gasteiger partial charge in [-0.1, -0.05) is 18.5 Å². The number of benzene rings is 1. The van der Waals surface area contributed by atoms with Crippen LogP contribution in [0.5, 0.6) is 5.75 Å². The summed E-state index contributed by atoms with van der Waals surface area (Å²) < 4.78 is 5.73. The van der Waals surface area contributed by atoms with Crippen LogP contribution in [-0.2, 0) is 0 Å². The second kappa shape index (κ2) is 6.30. The molecule has 6 nitrogen and oxygen atoms in total. The number of carbonyl (C=O) groups is 1. The minimum absolute atomic E-state index is 0.0225. The smallest absolute Gasteiger partial charge is 0.339 e. The fourth-order valence-electron chi connectivity index (χ4n) is 2.48. The summed E-state index contributed by atoms with van der Waals surface area (Å²) in [6, 6.07) is 2.10. The quantitative estimate of drug-likeness (QED) is 0.672. The molecule has 2 rings (SSSR count). The molecule has 1 aliphatic rings. The van der Waals surface area contributed by atoms with E-state index in [1.54, 1.807) is 0 Å². The summed E-state index contributed by atoms with van der Waals surface area (Å²) in [6.45, 7) is 2.16. The molecule has 1 aromatic carbocycles. The van der Waals surface area contributed by atoms with E-state index < -0.39 is 10.9 Å². The molecule has 1 N–H and O–H groups in total. The first-order chi connectivity index (χ1) is 9.88. The highest BCUT2D eigenvalue weighted by molar-refractivity contribution is 6.32. The second-order valence-electron chi connectivity index (χ2n) is 5.37. The van der Waals surface area contributed by atoms with Crippen molar-refractivity contribution in [2.45, 2.75) is 38.7 Å². The maximum atomic E-state index is 11.3. The van der Waals surface area contributed by atoms with E-state index in [0.717, 1.165) is 37.8 Å². The van der Waals surface area contributed by atoms with Crippen molar-refractivity contribution in [3.05, 3.63) is 32.8 Å². The lowest BCUT2D eigenvalue weighted by Gasteiger charge is -2.27. The van der Waals surface area contributed by atoms with E-state index >= 15 is 0 Å². The standard InChI is InChI=1S/C14H16ClNO5/c1-8-2-4-10(5-3-8)21-13-11(14(17)18)6-9(16(19)20)7-12(13)15/h6-8,10H,2-5H2,1H3,(H,17,18). The summed E-state index contributed by atoms with van der Waals surface area (Å²) in [6.07, 6.45) is 3.58. The van der Waals surface area contributed by atoms with E-state index in [9.17, 15) is 20.0 Å². The van der Waals surface area contributed by atoms with Crippen molar-refractivity contribution in [2.75, 3.05) is 0 Å². The van der Waals surface area contributed by atoms with Crippen molar-refractivity contribution in [1.29, 1.82) is 0 Å². The Kier molecular flexibility index (Phi) is 4.67. The predicted octanol–water partition coefficient (Wildman–Crippen LogP) is 3.90. The number of nitro groups is 1. The van der Waals surface area contributed by atoms with E-state index in [-0.39, 0.29) is 28.1 Å². The van der Waals surface area contributed by atoms with Crippen molar-refractivity contribution in [3.8, 4) is 5.75 Å². The van der Waals surface area contributed by atoms with Crippen LogP contribution in [0.15, 0.2) is 12.1 Å². The second-order valence-corrected chi connectivity index (χ2v) is 5.77. The highest BCUT2D eigenvalue weighted by Gasteiger charge is 2.26. The molecule has 0 heterocycles. The van der Waals surface area contributed by atoms with Gasteiger partial charge in [-0.3, -0.25) is 10.1 Å². The number of nitro benzene ring substituents is 1. The lowest BCUT2D eigenvalue weighted by molar-refractivity contribution is -0.384. The maximum absolute atomic E-state index is 11.3. The Morgan fingerprint density at radius 2 is 2.00 bits per heavy atom. The van der Waals surface area contributed by atoms with Crippen molar-refractivity contribution in [2.24, 2.45) is 5.92 Å². The first kappa shape index (κ1) is 15.6. The van der Waals surface area contributed by atoms with E-state index in [0.29, 0.717) is 5.92 Å². The first-order valence-corrected chi connectivity index (χ1v) is 7.14. The number of ether oxygens (including phenoxy) is 1. The number of hydrogen-bond donors (Lipinski definition) is 1. The maximum Gasteiger partial charge on any atom is 0.339 e. The van der Waals surface area contributed by atoms with Gasteiger partial charge in [0.15, 0.2) is 5.75 Å². The third-order valence-electron chi connectivity index (χ3n) is 3.72. The molecule has 0 amide bonds. The highest BCUT2D eigenvalue weighted by atomic mass is 35.5. The molecule has 7 heteroatoms. The van der Waals surface area contributed by atoms with Crippen LogP contribution >= 0.6 is 11.6 Å². The predicted molar refractivity (Wildman–Crippen MR) is 77.1 cm³/mol. The Hall–Kier alpha value is -1.82. The average Bonchev–Trinajstić information content (AvgIpc) is 2.42. The molecule has 0 atom stereocenters. The van der Waals surface area contributed by atoms with Crippen LogP contribution in [0.25, 0.3) is 0 Å². The summed E-state index contributed by atoms with van der Waals surface area (Å²) in [5, 5.41) is 19.9. The minimum atomic E-state index is -1.29. The molecule has 21 heavy (non-hydrogen) atoms. The number of halogens is 1. The van der Waals surface area contributed by atoms with E-state index in [1.165, 1.54) is 0 Å². The van der Waals surface area contributed by atoms with Gasteiger partial charge in [0.1, 0.15) is 5.56 Å². The molecular formula is C14H16ClNO5. The Morgan fingerprint density at radius 1 is 1.38 bits per heavy atom. The van der Waals surface area contributed by atoms with Gasteiger partial charge in [-0.05, 0) is 31.6 Å². The van der Waals surface area contributed by atoms with Gasteiger partial charge in [-0.2, -0.15) is 0 Å². The van der Waals surface area contributed by atoms with Gasteiger partial charge in [0.2, 0.25) is 0 Å². The Labute approximate surface area is 126 Å². The lowest BCUT2D eigenvalue weighted by atomic mass is 9.89. The van der Waals surface area contributed by atoms with Gasteiger partial charge in [-0.25, -0.2) is 4.79 Å². The Balaban J connectivity index is 2.29.